The van der Waals surface area contributed by atoms with Crippen LogP contribution in [0.4, 0.5) is 9.59 Å². The summed E-state index contributed by atoms with van der Waals surface area (Å²) in [7, 11) is 0. The highest BCUT2D eigenvalue weighted by Gasteiger charge is 2.31. The van der Waals surface area contributed by atoms with Crippen molar-refractivity contribution in [3.63, 3.8) is 0 Å². The molecule has 0 unspecified atom stereocenters. The van der Waals surface area contributed by atoms with Crippen LogP contribution in [0.5, 0.6) is 0 Å². The molecule has 1 aromatic carbocycles. The number of benzene rings is 1. The Balaban J connectivity index is 1.79. The number of ether oxygens (including phenoxy) is 2. The summed E-state index contributed by atoms with van der Waals surface area (Å²) < 4.78 is 10.4. The Kier molecular flexibility index (Phi) is 7.83. The fourth-order valence-electron chi connectivity index (χ4n) is 2.78. The Morgan fingerprint density at radius 3 is 2.21 bits per heavy atom. The smallest absolute Gasteiger partial charge is 0.410 e. The highest BCUT2D eigenvalue weighted by Crippen LogP contribution is 2.10. The quantitative estimate of drug-likeness (QED) is 0.763. The van der Waals surface area contributed by atoms with Gasteiger partial charge in [-0.3, -0.25) is 4.79 Å². The summed E-state index contributed by atoms with van der Waals surface area (Å²) >= 11 is 0. The number of rotatable bonds is 5. The topological polar surface area (TPSA) is 108 Å². The second-order valence-electron chi connectivity index (χ2n) is 7.73. The Hall–Kier alpha value is -2.81. The minimum absolute atomic E-state index is 0.186. The minimum Gasteiger partial charge on any atom is -0.445 e. The van der Waals surface area contributed by atoms with E-state index in [1.54, 1.807) is 20.8 Å². The first-order valence-electron chi connectivity index (χ1n) is 9.54. The highest BCUT2D eigenvalue weighted by atomic mass is 16.6. The molecule has 160 valence electrons. The molecule has 9 heteroatoms. The summed E-state index contributed by atoms with van der Waals surface area (Å²) in [6.07, 6.45) is -1.21. The van der Waals surface area contributed by atoms with Crippen molar-refractivity contribution in [3.8, 4) is 0 Å². The van der Waals surface area contributed by atoms with Crippen LogP contribution in [0.3, 0.4) is 0 Å². The number of carbonyl (C=O) groups excluding carboxylic acids is 3. The fourth-order valence-corrected chi connectivity index (χ4v) is 2.78. The molecule has 0 bridgehead atoms. The zero-order chi connectivity index (χ0) is 21.4. The van der Waals surface area contributed by atoms with E-state index in [2.05, 4.69) is 5.32 Å². The van der Waals surface area contributed by atoms with Crippen molar-refractivity contribution in [3.05, 3.63) is 35.9 Å². The molecule has 2 rings (SSSR count). The molecule has 2 N–H and O–H groups in total. The summed E-state index contributed by atoms with van der Waals surface area (Å²) in [6.45, 7) is 5.95. The number of carbonyl (C=O) groups is 3. The van der Waals surface area contributed by atoms with Gasteiger partial charge in [0.1, 0.15) is 18.2 Å². The highest BCUT2D eigenvalue weighted by molar-refractivity contribution is 5.86. The molecule has 0 spiro atoms. The first-order chi connectivity index (χ1) is 13.7. The lowest BCUT2D eigenvalue weighted by atomic mass is 10.2. The van der Waals surface area contributed by atoms with Crippen LogP contribution >= 0.6 is 0 Å². The Morgan fingerprint density at radius 1 is 1.07 bits per heavy atom. The molecule has 1 aromatic rings. The lowest BCUT2D eigenvalue weighted by molar-refractivity contribution is -0.136. The van der Waals surface area contributed by atoms with Crippen LogP contribution in [0.15, 0.2) is 30.3 Å². The molecule has 1 aliphatic rings. The van der Waals surface area contributed by atoms with Gasteiger partial charge >= 0.3 is 12.2 Å². The van der Waals surface area contributed by atoms with Gasteiger partial charge in [0.25, 0.3) is 0 Å². The van der Waals surface area contributed by atoms with Crippen LogP contribution in [0, 0.1) is 0 Å². The van der Waals surface area contributed by atoms with Crippen LogP contribution in [0.25, 0.3) is 0 Å². The van der Waals surface area contributed by atoms with Gasteiger partial charge in [0, 0.05) is 26.2 Å². The van der Waals surface area contributed by atoms with Gasteiger partial charge in [-0.05, 0) is 26.3 Å². The van der Waals surface area contributed by atoms with Crippen LogP contribution in [-0.4, -0.2) is 77.4 Å². The molecule has 0 aliphatic carbocycles. The number of hydrogen-bond donors (Lipinski definition) is 2. The molecule has 1 heterocycles. The number of amides is 3. The fraction of sp³-hybridized carbons (Fsp3) is 0.550. The first-order valence-corrected chi connectivity index (χ1v) is 9.54. The molecule has 0 saturated carbocycles. The minimum atomic E-state index is -1.10. The number of hydrogen-bond acceptors (Lipinski definition) is 6. The number of aliphatic hydroxyl groups excluding tert-OH is 1. The monoisotopic (exact) mass is 407 g/mol. The molecular formula is C20H29N3O6. The van der Waals surface area contributed by atoms with Gasteiger partial charge in [0.2, 0.25) is 5.91 Å². The average Bonchev–Trinajstić information content (AvgIpc) is 2.69. The van der Waals surface area contributed by atoms with Gasteiger partial charge in [0.15, 0.2) is 0 Å². The third-order valence-corrected chi connectivity index (χ3v) is 4.23. The Labute approximate surface area is 170 Å². The number of alkyl carbamates (subject to hydrolysis) is 1. The molecule has 9 nitrogen and oxygen atoms in total. The van der Waals surface area contributed by atoms with Crippen molar-refractivity contribution in [1.29, 1.82) is 0 Å². The van der Waals surface area contributed by atoms with E-state index < -0.39 is 36.3 Å². The molecule has 0 aromatic heterocycles. The summed E-state index contributed by atoms with van der Waals surface area (Å²) in [5.41, 5.74) is 0.187. The maximum Gasteiger partial charge on any atom is 0.410 e. The van der Waals surface area contributed by atoms with Gasteiger partial charge in [-0.25, -0.2) is 9.59 Å². The van der Waals surface area contributed by atoms with Crippen molar-refractivity contribution in [2.45, 2.75) is 39.0 Å². The largest absolute Gasteiger partial charge is 0.445 e. The van der Waals surface area contributed by atoms with Gasteiger partial charge in [0.05, 0.1) is 6.61 Å². The van der Waals surface area contributed by atoms with Crippen molar-refractivity contribution in [2.75, 3.05) is 32.8 Å². The van der Waals surface area contributed by atoms with E-state index in [1.807, 2.05) is 30.3 Å². The van der Waals surface area contributed by atoms with Crippen LogP contribution in [-0.2, 0) is 20.9 Å². The first kappa shape index (κ1) is 22.5. The lowest BCUT2D eigenvalue weighted by Gasteiger charge is -2.35. The molecule has 29 heavy (non-hydrogen) atoms. The third-order valence-electron chi connectivity index (χ3n) is 4.23. The SMILES string of the molecule is CC(C)(C)OC(=O)N[C@@H](CO)C(=O)N1CCN(C(=O)OCc2ccccc2)CC1. The maximum atomic E-state index is 12.6. The van der Waals surface area contributed by atoms with E-state index in [4.69, 9.17) is 9.47 Å². The third kappa shape index (κ3) is 7.26. The van der Waals surface area contributed by atoms with Crippen LogP contribution in [0.2, 0.25) is 0 Å². The number of nitrogens with one attached hydrogen (secondary N) is 1. The van der Waals surface area contributed by atoms with Crippen molar-refractivity contribution >= 4 is 18.1 Å². The normalized spacial score (nSPS) is 15.4. The van der Waals surface area contributed by atoms with E-state index >= 15 is 0 Å². The van der Waals surface area contributed by atoms with E-state index in [0.29, 0.717) is 13.1 Å². The summed E-state index contributed by atoms with van der Waals surface area (Å²) in [6, 6.07) is 8.28. The van der Waals surface area contributed by atoms with Gasteiger partial charge in [-0.2, -0.15) is 0 Å². The summed E-state index contributed by atoms with van der Waals surface area (Å²) in [4.78, 5) is 39.7. The molecule has 3 amide bonds. The van der Waals surface area contributed by atoms with Crippen molar-refractivity contribution in [1.82, 2.24) is 15.1 Å². The molecule has 1 aliphatic heterocycles. The Bertz CT molecular complexity index is 696. The van der Waals surface area contributed by atoms with E-state index in [9.17, 15) is 19.5 Å². The Morgan fingerprint density at radius 2 is 1.66 bits per heavy atom. The molecule has 1 atom stereocenters. The van der Waals surface area contributed by atoms with Crippen LogP contribution < -0.4 is 5.32 Å². The van der Waals surface area contributed by atoms with Gasteiger partial charge < -0.3 is 29.7 Å². The molecule has 1 fully saturated rings. The number of aliphatic hydroxyl groups is 1. The van der Waals surface area contributed by atoms with E-state index in [-0.39, 0.29) is 19.7 Å². The second kappa shape index (κ2) is 10.1. The average molecular weight is 407 g/mol. The molecule has 1 saturated heterocycles. The summed E-state index contributed by atoms with van der Waals surface area (Å²) in [5.74, 6) is -0.421. The number of piperazine rings is 1. The predicted octanol–water partition coefficient (Wildman–Crippen LogP) is 1.35. The van der Waals surface area contributed by atoms with Gasteiger partial charge in [-0.15, -0.1) is 0 Å². The molecule has 0 radical (unpaired) electrons. The zero-order valence-corrected chi connectivity index (χ0v) is 17.1. The zero-order valence-electron chi connectivity index (χ0n) is 17.1. The van der Waals surface area contributed by atoms with E-state index in [0.717, 1.165) is 5.56 Å². The lowest BCUT2D eigenvalue weighted by Crippen LogP contribution is -2.57. The van der Waals surface area contributed by atoms with E-state index in [1.165, 1.54) is 9.80 Å². The maximum absolute atomic E-state index is 12.6. The van der Waals surface area contributed by atoms with Gasteiger partial charge in [-0.1, -0.05) is 30.3 Å². The second-order valence-corrected chi connectivity index (χ2v) is 7.73. The van der Waals surface area contributed by atoms with Crippen LogP contribution in [0.1, 0.15) is 26.3 Å². The summed E-state index contributed by atoms with van der Waals surface area (Å²) in [5, 5.41) is 11.9. The predicted molar refractivity (Wildman–Crippen MR) is 105 cm³/mol. The molecular weight excluding hydrogens is 378 g/mol. The number of nitrogens with zero attached hydrogens (tertiary/aromatic N) is 2. The van der Waals surface area contributed by atoms with Crippen molar-refractivity contribution < 1.29 is 29.0 Å². The van der Waals surface area contributed by atoms with Crippen molar-refractivity contribution in [2.24, 2.45) is 0 Å². The standard InChI is InChI=1S/C20H29N3O6/c1-20(2,3)29-18(26)21-16(13-24)17(25)22-9-11-23(12-10-22)19(27)28-14-15-7-5-4-6-8-15/h4-8,16,24H,9-14H2,1-3H3,(H,21,26)/t16-/m0/s1.